The predicted octanol–water partition coefficient (Wildman–Crippen LogP) is 5.38. The monoisotopic (exact) mass is 1140 g/mol. The van der Waals surface area contributed by atoms with Crippen molar-refractivity contribution < 1.29 is 51.6 Å². The van der Waals surface area contributed by atoms with Crippen molar-refractivity contribution in [3.05, 3.63) is 95.3 Å². The van der Waals surface area contributed by atoms with Crippen LogP contribution in [0.15, 0.2) is 66.8 Å². The maximum atomic E-state index is 16.1. The average molecular weight is 1140 g/mol. The Balaban J connectivity index is 0.764. The number of ether oxygens (including phenoxy) is 2. The van der Waals surface area contributed by atoms with E-state index in [2.05, 4.69) is 40.5 Å². The molecule has 8 N–H and O–H groups in total. The highest BCUT2D eigenvalue weighted by molar-refractivity contribution is 7.13. The number of piperidine rings is 2. The third kappa shape index (κ3) is 13.4. The zero-order valence-corrected chi connectivity index (χ0v) is 46.6. The van der Waals surface area contributed by atoms with Gasteiger partial charge < -0.3 is 61.1 Å². The fourth-order valence-corrected chi connectivity index (χ4v) is 11.7. The molecule has 2 aromatic carbocycles. The van der Waals surface area contributed by atoms with E-state index in [9.17, 15) is 33.4 Å². The molecule has 3 saturated heterocycles. The summed E-state index contributed by atoms with van der Waals surface area (Å²) >= 11 is 1.55. The van der Waals surface area contributed by atoms with Gasteiger partial charge in [0.1, 0.15) is 48.6 Å². The third-order valence-corrected chi connectivity index (χ3v) is 16.4. The van der Waals surface area contributed by atoms with Crippen molar-refractivity contribution in [3.8, 4) is 27.4 Å². The fourth-order valence-electron chi connectivity index (χ4n) is 10.9. The van der Waals surface area contributed by atoms with Gasteiger partial charge >= 0.3 is 0 Å². The van der Waals surface area contributed by atoms with Gasteiger partial charge in [-0.05, 0) is 73.8 Å². The molecule has 3 fully saturated rings. The molecule has 81 heavy (non-hydrogen) atoms. The second-order valence-electron chi connectivity index (χ2n) is 22.4. The number of imidazole rings is 1. The molecule has 434 valence electrons. The van der Waals surface area contributed by atoms with E-state index in [0.29, 0.717) is 67.9 Å². The van der Waals surface area contributed by atoms with Crippen LogP contribution in [0.5, 0.6) is 5.75 Å². The summed E-state index contributed by atoms with van der Waals surface area (Å²) in [6.07, 6.45) is -0.681. The number of likely N-dealkylation sites (tertiary alicyclic amines) is 2. The Morgan fingerprint density at radius 3 is 2.44 bits per heavy atom. The van der Waals surface area contributed by atoms with E-state index in [0.717, 1.165) is 33.8 Å². The highest BCUT2D eigenvalue weighted by Gasteiger charge is 2.46. The van der Waals surface area contributed by atoms with Gasteiger partial charge in [-0.15, -0.1) is 11.3 Å². The number of pyridine rings is 1. The number of thiazole rings is 1. The predicted molar refractivity (Wildman–Crippen MR) is 296 cm³/mol. The summed E-state index contributed by atoms with van der Waals surface area (Å²) in [5.74, 6) is -3.14. The molecule has 4 aromatic heterocycles. The number of nitrogens with one attached hydrogen (secondary N) is 2. The van der Waals surface area contributed by atoms with Gasteiger partial charge in [0.05, 0.1) is 70.8 Å². The number of aryl methyl sites for hydroxylation is 1. The molecule has 0 aliphatic carbocycles. The number of nitrogen functional groups attached to an aromatic ring is 1. The number of nitrogens with two attached hydrogens (primary N) is 2. The smallest absolute Gasteiger partial charge is 0.265 e. The number of rotatable bonds is 19. The van der Waals surface area contributed by atoms with E-state index in [1.54, 1.807) is 53.2 Å². The van der Waals surface area contributed by atoms with Crippen LogP contribution in [0.2, 0.25) is 0 Å². The molecular formula is C56H69F4N13O7S. The number of aliphatic hydroxyl groups is 2. The lowest BCUT2D eigenvalue weighted by Gasteiger charge is -2.44. The lowest BCUT2D eigenvalue weighted by molar-refractivity contribution is -0.144. The summed E-state index contributed by atoms with van der Waals surface area (Å²) < 4.78 is 73.0. The Hall–Kier alpha value is -6.90. The Morgan fingerprint density at radius 1 is 0.988 bits per heavy atom. The van der Waals surface area contributed by atoms with Crippen LogP contribution in [-0.4, -0.2) is 162 Å². The molecule has 6 aromatic rings. The summed E-state index contributed by atoms with van der Waals surface area (Å²) in [5, 5.41) is 26.9. The number of fused-ring (bicyclic) bond motifs is 1. The zero-order valence-electron chi connectivity index (χ0n) is 45.8. The standard InChI is InChI=1S/C56H69F4N13O7S/c1-31(33-7-9-34(10-8-33)47-32(2)67-30-81-47)68-53(77)42-20-36(74)25-73(42)54(78)48(55(3,4)5)69-45(75)26-79-18-17-70-15-11-37(12-16-70)80-44-22-39(57)38(21-40(44)58)41-19-35(24-72-29-66-46-51(61)64-28-65-52(46)72)43(23-63-41)71-14-6-13-56(62,27-71)49(76)50(59)60/h7-10,19,21-23,28-31,36-37,42,48-50,74,76H,6,11-18,20,24-27,62H2,1-5H3,(H,68,77)(H,69,75)(H2,61,64,65)/t31-,36+,42-,48+,49+,56+/m0/s1. The topological polar surface area (TPSA) is 265 Å². The first-order chi connectivity index (χ1) is 38.6. The maximum absolute atomic E-state index is 16.1. The van der Waals surface area contributed by atoms with Gasteiger partial charge in [-0.25, -0.2) is 37.5 Å². The van der Waals surface area contributed by atoms with Crippen LogP contribution in [0.3, 0.4) is 0 Å². The Kier molecular flexibility index (Phi) is 17.9. The van der Waals surface area contributed by atoms with E-state index in [1.807, 2.05) is 38.1 Å². The lowest BCUT2D eigenvalue weighted by atomic mass is 9.84. The van der Waals surface area contributed by atoms with Gasteiger partial charge in [-0.1, -0.05) is 45.0 Å². The van der Waals surface area contributed by atoms with Crippen LogP contribution < -0.4 is 31.7 Å². The van der Waals surface area contributed by atoms with Gasteiger partial charge in [0.25, 0.3) is 6.43 Å². The zero-order chi connectivity index (χ0) is 57.9. The number of carbonyl (C=O) groups is 3. The van der Waals surface area contributed by atoms with E-state index in [-0.39, 0.29) is 74.6 Å². The summed E-state index contributed by atoms with van der Waals surface area (Å²) in [6.45, 7) is 10.9. The first-order valence-electron chi connectivity index (χ1n) is 27.0. The molecule has 0 spiro atoms. The van der Waals surface area contributed by atoms with Crippen LogP contribution >= 0.6 is 11.3 Å². The molecule has 3 aliphatic heterocycles. The number of hydrogen-bond acceptors (Lipinski definition) is 17. The summed E-state index contributed by atoms with van der Waals surface area (Å²) in [7, 11) is 0. The molecule has 6 atom stereocenters. The van der Waals surface area contributed by atoms with Crippen molar-refractivity contribution in [3.63, 3.8) is 0 Å². The second-order valence-corrected chi connectivity index (χ2v) is 23.2. The van der Waals surface area contributed by atoms with Crippen LogP contribution in [0.25, 0.3) is 32.9 Å². The molecule has 3 amide bonds. The number of amides is 3. The van der Waals surface area contributed by atoms with Crippen LogP contribution in [0.4, 0.5) is 29.1 Å². The molecule has 7 heterocycles. The van der Waals surface area contributed by atoms with Crippen LogP contribution in [-0.2, 0) is 25.7 Å². The number of nitrogens with zero attached hydrogens (tertiary/aromatic N) is 9. The van der Waals surface area contributed by atoms with Crippen molar-refractivity contribution in [1.82, 2.24) is 49.9 Å². The van der Waals surface area contributed by atoms with Crippen molar-refractivity contribution in [1.29, 1.82) is 0 Å². The molecule has 0 unspecified atom stereocenters. The Morgan fingerprint density at radius 2 is 1.74 bits per heavy atom. The molecule has 0 saturated carbocycles. The lowest BCUT2D eigenvalue weighted by Crippen LogP contribution is -2.63. The number of anilines is 2. The Bertz CT molecular complexity index is 3210. The minimum Gasteiger partial charge on any atom is -0.487 e. The number of aromatic nitrogens is 6. The minimum atomic E-state index is -3.06. The van der Waals surface area contributed by atoms with E-state index in [4.69, 9.17) is 20.9 Å². The first kappa shape index (κ1) is 58.7. The molecule has 20 nitrogen and oxygen atoms in total. The van der Waals surface area contributed by atoms with E-state index < -0.39 is 77.1 Å². The highest BCUT2D eigenvalue weighted by Crippen LogP contribution is 2.36. The molecule has 9 rings (SSSR count). The summed E-state index contributed by atoms with van der Waals surface area (Å²) in [4.78, 5) is 69.0. The number of hydrogen-bond donors (Lipinski definition) is 6. The third-order valence-electron chi connectivity index (χ3n) is 15.4. The van der Waals surface area contributed by atoms with Crippen LogP contribution in [0.1, 0.15) is 82.7 Å². The number of aliphatic hydroxyl groups excluding tert-OH is 2. The molecule has 0 bridgehead atoms. The second kappa shape index (κ2) is 24.7. The van der Waals surface area contributed by atoms with E-state index >= 15 is 8.78 Å². The average Bonchev–Trinajstić information content (AvgIpc) is 4.22. The number of β-amino-alcohol motifs (C(OH)–C–C–N with tert-alkyl or cyclic N) is 1. The van der Waals surface area contributed by atoms with Gasteiger partial charge in [0, 0.05) is 57.3 Å². The number of benzene rings is 2. The quantitative estimate of drug-likeness (QED) is 0.0439. The molecule has 25 heteroatoms. The Labute approximate surface area is 470 Å². The SMILES string of the molecule is Cc1ncsc1-c1ccc([C@H](C)NC(=O)[C@@H]2C[C@@H](O)CN2C(=O)[C@@H](NC(=O)COCCN2CCC(Oc3cc(F)c(-c4cc(Cn5cnc6c(N)ncnc65)c(N5CCC[C@](N)([C@H](O)C(F)F)C5)cn4)cc3F)CC2)C(C)(C)C)cc1. The summed E-state index contributed by atoms with van der Waals surface area (Å²) in [6, 6.07) is 9.05. The van der Waals surface area contributed by atoms with Gasteiger partial charge in [-0.3, -0.25) is 19.4 Å². The maximum Gasteiger partial charge on any atom is 0.265 e. The number of alkyl halides is 2. The molecule has 0 radical (unpaired) electrons. The van der Waals surface area contributed by atoms with Gasteiger partial charge in [0.2, 0.25) is 17.7 Å². The highest BCUT2D eigenvalue weighted by atomic mass is 32.1. The number of halogens is 4. The first-order valence-corrected chi connectivity index (χ1v) is 27.9. The van der Waals surface area contributed by atoms with Crippen molar-refractivity contribution in [2.24, 2.45) is 11.1 Å². The summed E-state index contributed by atoms with van der Waals surface area (Å²) in [5.41, 5.74) is 16.4. The van der Waals surface area contributed by atoms with Crippen molar-refractivity contribution in [2.75, 3.05) is 63.1 Å². The normalized spacial score (nSPS) is 20.4. The van der Waals surface area contributed by atoms with Crippen LogP contribution in [0, 0.1) is 24.0 Å². The van der Waals surface area contributed by atoms with Crippen molar-refractivity contribution >= 4 is 51.7 Å². The molecule has 3 aliphatic rings. The van der Waals surface area contributed by atoms with Gasteiger partial charge in [-0.2, -0.15) is 0 Å². The van der Waals surface area contributed by atoms with Gasteiger partial charge in [0.15, 0.2) is 23.0 Å². The van der Waals surface area contributed by atoms with Crippen molar-refractivity contribution in [2.45, 2.75) is 122 Å². The number of carbonyl (C=O) groups excluding carboxylic acids is 3. The van der Waals surface area contributed by atoms with E-state index in [1.165, 1.54) is 23.8 Å². The molecular weight excluding hydrogens is 1070 g/mol. The minimum absolute atomic E-state index is 0.0502. The fraction of sp³-hybridized carbons (Fsp3) is 0.500. The largest absolute Gasteiger partial charge is 0.487 e.